The summed E-state index contributed by atoms with van der Waals surface area (Å²) in [4.78, 5) is 10.1. The Labute approximate surface area is 69.5 Å². The normalized spacial score (nSPS) is 14.6. The Hall–Kier alpha value is -0.590. The van der Waals surface area contributed by atoms with E-state index in [9.17, 15) is 4.79 Å². The maximum Gasteiger partial charge on any atom is 0.120 e. The molecular formula is C10H18O. The summed E-state index contributed by atoms with van der Waals surface area (Å²) in [5.74, 6) is 0.416. The van der Waals surface area contributed by atoms with Crippen LogP contribution in [0.15, 0.2) is 11.6 Å². The van der Waals surface area contributed by atoms with Crippen LogP contribution in [-0.2, 0) is 4.79 Å². The van der Waals surface area contributed by atoms with Gasteiger partial charge in [0, 0.05) is 6.42 Å². The van der Waals surface area contributed by atoms with Gasteiger partial charge in [-0.2, -0.15) is 0 Å². The van der Waals surface area contributed by atoms with Crippen LogP contribution >= 0.6 is 0 Å². The van der Waals surface area contributed by atoms with Crippen LogP contribution in [0, 0.1) is 5.92 Å². The molecule has 0 rings (SSSR count). The maximum atomic E-state index is 10.1. The molecule has 1 heteroatoms. The van der Waals surface area contributed by atoms with Crippen molar-refractivity contribution in [3.8, 4) is 0 Å². The van der Waals surface area contributed by atoms with E-state index in [0.29, 0.717) is 12.3 Å². The third-order valence-corrected chi connectivity index (χ3v) is 1.68. The molecule has 1 atom stereocenters. The fourth-order valence-electron chi connectivity index (χ4n) is 1.18. The fraction of sp³-hybridized carbons (Fsp3) is 0.700. The van der Waals surface area contributed by atoms with E-state index >= 15 is 0 Å². The van der Waals surface area contributed by atoms with Gasteiger partial charge in [-0.15, -0.1) is 0 Å². The van der Waals surface area contributed by atoms with Crippen LogP contribution in [0.5, 0.6) is 0 Å². The van der Waals surface area contributed by atoms with Gasteiger partial charge >= 0.3 is 0 Å². The number of carbonyl (C=O) groups excluding carboxylic acids is 1. The second kappa shape index (κ2) is 6.14. The van der Waals surface area contributed by atoms with Gasteiger partial charge in [-0.05, 0) is 19.3 Å². The van der Waals surface area contributed by atoms with E-state index in [2.05, 4.69) is 26.8 Å². The van der Waals surface area contributed by atoms with Crippen molar-refractivity contribution in [1.82, 2.24) is 0 Å². The van der Waals surface area contributed by atoms with Crippen LogP contribution in [0.2, 0.25) is 0 Å². The van der Waals surface area contributed by atoms with Gasteiger partial charge in [0.05, 0.1) is 0 Å². The van der Waals surface area contributed by atoms with Crippen LogP contribution in [0.3, 0.4) is 0 Å². The molecule has 0 N–H and O–H groups in total. The van der Waals surface area contributed by atoms with Crippen molar-refractivity contribution in [1.29, 1.82) is 0 Å². The summed E-state index contributed by atoms with van der Waals surface area (Å²) in [6.07, 6.45) is 6.18. The number of hydrogen-bond acceptors (Lipinski definition) is 1. The first-order valence-electron chi connectivity index (χ1n) is 4.31. The minimum Gasteiger partial charge on any atom is -0.303 e. The molecule has 0 fully saturated rings. The lowest BCUT2D eigenvalue weighted by molar-refractivity contribution is -0.108. The van der Waals surface area contributed by atoms with Gasteiger partial charge in [0.25, 0.3) is 0 Å². The van der Waals surface area contributed by atoms with Crippen molar-refractivity contribution in [2.45, 2.75) is 40.0 Å². The highest BCUT2D eigenvalue weighted by Crippen LogP contribution is 2.09. The average molecular weight is 154 g/mol. The molecule has 0 heterocycles. The Morgan fingerprint density at radius 1 is 1.55 bits per heavy atom. The summed E-state index contributed by atoms with van der Waals surface area (Å²) in [5, 5.41) is 0. The van der Waals surface area contributed by atoms with Gasteiger partial charge in [-0.3, -0.25) is 0 Å². The molecule has 11 heavy (non-hydrogen) atoms. The quantitative estimate of drug-likeness (QED) is 0.439. The van der Waals surface area contributed by atoms with Crippen LogP contribution in [0.25, 0.3) is 0 Å². The Kier molecular flexibility index (Phi) is 5.81. The Balaban J connectivity index is 3.75. The maximum absolute atomic E-state index is 10.1. The zero-order valence-electron chi connectivity index (χ0n) is 7.76. The van der Waals surface area contributed by atoms with Crippen molar-refractivity contribution in [2.75, 3.05) is 0 Å². The van der Waals surface area contributed by atoms with E-state index in [4.69, 9.17) is 0 Å². The van der Waals surface area contributed by atoms with Gasteiger partial charge in [0.2, 0.25) is 0 Å². The molecule has 1 nitrogen and oxygen atoms in total. The molecule has 1 unspecified atom stereocenters. The summed E-state index contributed by atoms with van der Waals surface area (Å²) in [6, 6.07) is 0. The molecule has 0 radical (unpaired) electrons. The van der Waals surface area contributed by atoms with Crippen molar-refractivity contribution in [3.05, 3.63) is 11.6 Å². The predicted molar refractivity (Wildman–Crippen MR) is 48.5 cm³/mol. The molecule has 0 aliphatic heterocycles. The van der Waals surface area contributed by atoms with E-state index in [1.165, 1.54) is 12.0 Å². The average Bonchev–Trinajstić information content (AvgIpc) is 1.87. The van der Waals surface area contributed by atoms with Crippen molar-refractivity contribution < 1.29 is 4.79 Å². The third kappa shape index (κ3) is 5.84. The first-order chi connectivity index (χ1) is 5.20. The topological polar surface area (TPSA) is 17.1 Å². The van der Waals surface area contributed by atoms with Gasteiger partial charge in [0.1, 0.15) is 6.29 Å². The van der Waals surface area contributed by atoms with Gasteiger partial charge in [0.15, 0.2) is 0 Å². The number of rotatable bonds is 5. The van der Waals surface area contributed by atoms with Crippen molar-refractivity contribution in [2.24, 2.45) is 5.92 Å². The lowest BCUT2D eigenvalue weighted by atomic mass is 10.0. The Morgan fingerprint density at radius 3 is 2.64 bits per heavy atom. The highest BCUT2D eigenvalue weighted by atomic mass is 16.1. The summed E-state index contributed by atoms with van der Waals surface area (Å²) in [7, 11) is 0. The molecule has 0 bridgehead atoms. The largest absolute Gasteiger partial charge is 0.303 e. The van der Waals surface area contributed by atoms with E-state index in [1.807, 2.05) is 0 Å². The van der Waals surface area contributed by atoms with Crippen LogP contribution in [-0.4, -0.2) is 6.29 Å². The molecule has 0 aromatic carbocycles. The van der Waals surface area contributed by atoms with E-state index in [0.717, 1.165) is 12.7 Å². The highest BCUT2D eigenvalue weighted by Gasteiger charge is 1.96. The highest BCUT2D eigenvalue weighted by molar-refractivity contribution is 5.50. The Morgan fingerprint density at radius 2 is 2.18 bits per heavy atom. The monoisotopic (exact) mass is 154 g/mol. The van der Waals surface area contributed by atoms with Crippen LogP contribution in [0.4, 0.5) is 0 Å². The minimum absolute atomic E-state index is 0.416. The molecule has 0 amide bonds. The predicted octanol–water partition coefficient (Wildman–Crippen LogP) is 2.96. The molecule has 0 aliphatic rings. The second-order valence-electron chi connectivity index (χ2n) is 3.14. The standard InChI is InChI=1S/C10H18O/c1-4-5-9(2)8-10(3)6-7-11/h7-8,10H,4-6H2,1-3H3. The summed E-state index contributed by atoms with van der Waals surface area (Å²) in [6.45, 7) is 6.38. The van der Waals surface area contributed by atoms with Crippen molar-refractivity contribution >= 4 is 6.29 Å². The zero-order chi connectivity index (χ0) is 8.69. The van der Waals surface area contributed by atoms with Crippen LogP contribution in [0.1, 0.15) is 40.0 Å². The van der Waals surface area contributed by atoms with E-state index in [1.54, 1.807) is 0 Å². The fourth-order valence-corrected chi connectivity index (χ4v) is 1.18. The van der Waals surface area contributed by atoms with Crippen molar-refractivity contribution in [3.63, 3.8) is 0 Å². The van der Waals surface area contributed by atoms with Gasteiger partial charge in [-0.1, -0.05) is 31.9 Å². The molecule has 0 saturated carbocycles. The number of aldehydes is 1. The molecule has 64 valence electrons. The SMILES string of the molecule is CCCC(C)=CC(C)CC=O. The van der Waals surface area contributed by atoms with Crippen LogP contribution < -0.4 is 0 Å². The lowest BCUT2D eigenvalue weighted by Gasteiger charge is -2.02. The molecule has 0 aromatic rings. The van der Waals surface area contributed by atoms with E-state index < -0.39 is 0 Å². The number of hydrogen-bond donors (Lipinski definition) is 0. The third-order valence-electron chi connectivity index (χ3n) is 1.68. The summed E-state index contributed by atoms with van der Waals surface area (Å²) < 4.78 is 0. The molecule has 0 aromatic heterocycles. The first-order valence-corrected chi connectivity index (χ1v) is 4.31. The number of carbonyl (C=O) groups is 1. The smallest absolute Gasteiger partial charge is 0.120 e. The van der Waals surface area contributed by atoms with Gasteiger partial charge < -0.3 is 4.79 Å². The van der Waals surface area contributed by atoms with E-state index in [-0.39, 0.29) is 0 Å². The first kappa shape index (κ1) is 10.4. The second-order valence-corrected chi connectivity index (χ2v) is 3.14. The lowest BCUT2D eigenvalue weighted by Crippen LogP contribution is -1.91. The van der Waals surface area contributed by atoms with Gasteiger partial charge in [-0.25, -0.2) is 0 Å². The number of allylic oxidation sites excluding steroid dienone is 2. The Bertz CT molecular complexity index is 136. The molecular weight excluding hydrogens is 136 g/mol. The molecule has 0 aliphatic carbocycles. The molecule has 0 spiro atoms. The zero-order valence-corrected chi connectivity index (χ0v) is 7.76. The summed E-state index contributed by atoms with van der Waals surface area (Å²) in [5.41, 5.74) is 1.40. The summed E-state index contributed by atoms with van der Waals surface area (Å²) >= 11 is 0. The molecule has 0 saturated heterocycles. The minimum atomic E-state index is 0.416.